The van der Waals surface area contributed by atoms with E-state index in [1.54, 1.807) is 36.7 Å². The van der Waals surface area contributed by atoms with Crippen molar-refractivity contribution in [2.24, 2.45) is 0 Å². The van der Waals surface area contributed by atoms with Gasteiger partial charge >= 0.3 is 6.61 Å². The fourth-order valence-corrected chi connectivity index (χ4v) is 2.20. The zero-order valence-electron chi connectivity index (χ0n) is 11.3. The summed E-state index contributed by atoms with van der Waals surface area (Å²) < 4.78 is 42.9. The maximum absolute atomic E-state index is 13.7. The van der Waals surface area contributed by atoms with Gasteiger partial charge in [-0.25, -0.2) is 4.39 Å². The fraction of sp³-hybridized carbons (Fsp3) is 0.0625. The van der Waals surface area contributed by atoms with Gasteiger partial charge in [0.1, 0.15) is 0 Å². The molecule has 3 aromatic rings. The van der Waals surface area contributed by atoms with E-state index in [1.165, 1.54) is 12.1 Å². The Hall–Kier alpha value is -2.76. The number of benzene rings is 2. The van der Waals surface area contributed by atoms with Crippen molar-refractivity contribution in [3.05, 3.63) is 60.7 Å². The second-order valence-corrected chi connectivity index (χ2v) is 4.56. The summed E-state index contributed by atoms with van der Waals surface area (Å²) >= 11 is 0. The smallest absolute Gasteiger partial charge is 0.387 e. The Kier molecular flexibility index (Phi) is 3.82. The van der Waals surface area contributed by atoms with Crippen molar-refractivity contribution in [1.29, 1.82) is 0 Å². The molecular weight excluding hydrogens is 293 g/mol. The van der Waals surface area contributed by atoms with Gasteiger partial charge in [0, 0.05) is 17.3 Å². The first kappa shape index (κ1) is 14.2. The number of alkyl halides is 2. The maximum atomic E-state index is 13.7. The lowest BCUT2D eigenvalue weighted by molar-refractivity contribution is -0.0517. The van der Waals surface area contributed by atoms with Gasteiger partial charge < -0.3 is 4.74 Å². The molecule has 1 heterocycles. The zero-order chi connectivity index (χ0) is 15.5. The van der Waals surface area contributed by atoms with Gasteiger partial charge in [-0.15, -0.1) is 0 Å². The number of hydrogen-bond donors (Lipinski definition) is 1. The molecule has 0 aliphatic heterocycles. The van der Waals surface area contributed by atoms with Crippen molar-refractivity contribution >= 4 is 0 Å². The number of nitrogens with zero attached hydrogens (tertiary/aromatic N) is 1. The highest BCUT2D eigenvalue weighted by Gasteiger charge is 2.16. The number of nitrogens with one attached hydrogen (secondary N) is 1. The number of aromatic amines is 1. The van der Waals surface area contributed by atoms with E-state index < -0.39 is 18.2 Å². The quantitative estimate of drug-likeness (QED) is 0.771. The molecule has 0 saturated heterocycles. The molecule has 112 valence electrons. The third-order valence-corrected chi connectivity index (χ3v) is 3.20. The van der Waals surface area contributed by atoms with Crippen molar-refractivity contribution in [1.82, 2.24) is 10.2 Å². The average Bonchev–Trinajstić information content (AvgIpc) is 3.03. The summed E-state index contributed by atoms with van der Waals surface area (Å²) in [5, 5.41) is 6.57. The molecule has 1 aromatic heterocycles. The molecule has 0 aliphatic carbocycles. The molecule has 0 bridgehead atoms. The van der Waals surface area contributed by atoms with Crippen LogP contribution in [0.2, 0.25) is 0 Å². The molecule has 3 nitrogen and oxygen atoms in total. The Labute approximate surface area is 124 Å². The fourth-order valence-electron chi connectivity index (χ4n) is 2.20. The van der Waals surface area contributed by atoms with E-state index in [1.807, 2.05) is 0 Å². The summed E-state index contributed by atoms with van der Waals surface area (Å²) in [5.74, 6) is -1.27. The molecule has 0 unspecified atom stereocenters. The molecule has 0 saturated carbocycles. The Morgan fingerprint density at radius 3 is 2.32 bits per heavy atom. The van der Waals surface area contributed by atoms with Gasteiger partial charge in [-0.3, -0.25) is 5.10 Å². The first-order valence-electron chi connectivity index (χ1n) is 6.48. The summed E-state index contributed by atoms with van der Waals surface area (Å²) in [6.07, 6.45) is 3.41. The summed E-state index contributed by atoms with van der Waals surface area (Å²) in [5.41, 5.74) is 2.67. The van der Waals surface area contributed by atoms with E-state index in [0.717, 1.165) is 17.2 Å². The molecule has 0 fully saturated rings. The van der Waals surface area contributed by atoms with E-state index in [9.17, 15) is 13.2 Å². The summed E-state index contributed by atoms with van der Waals surface area (Å²) in [4.78, 5) is 0. The van der Waals surface area contributed by atoms with Crippen LogP contribution >= 0.6 is 0 Å². The van der Waals surface area contributed by atoms with Gasteiger partial charge in [-0.2, -0.15) is 13.9 Å². The van der Waals surface area contributed by atoms with E-state index >= 15 is 0 Å². The standard InChI is InChI=1S/C16H11F3N2O/c17-14-3-1-2-13(15(14)22-16(18)19)11-6-4-10(5-7-11)12-8-20-21-9-12/h1-9,16H,(H,20,21). The molecule has 22 heavy (non-hydrogen) atoms. The third kappa shape index (κ3) is 2.81. The van der Waals surface area contributed by atoms with Crippen LogP contribution in [0.15, 0.2) is 54.9 Å². The molecular formula is C16H11F3N2O. The van der Waals surface area contributed by atoms with Crippen molar-refractivity contribution in [2.45, 2.75) is 6.61 Å². The van der Waals surface area contributed by atoms with Crippen LogP contribution in [-0.4, -0.2) is 16.8 Å². The Morgan fingerprint density at radius 1 is 0.955 bits per heavy atom. The van der Waals surface area contributed by atoms with Crippen molar-refractivity contribution < 1.29 is 17.9 Å². The number of hydrogen-bond acceptors (Lipinski definition) is 2. The minimum Gasteiger partial charge on any atom is -0.431 e. The van der Waals surface area contributed by atoms with E-state index in [-0.39, 0.29) is 5.56 Å². The Morgan fingerprint density at radius 2 is 1.68 bits per heavy atom. The van der Waals surface area contributed by atoms with Gasteiger partial charge in [0.05, 0.1) is 6.20 Å². The lowest BCUT2D eigenvalue weighted by Crippen LogP contribution is -2.05. The molecule has 1 N–H and O–H groups in total. The normalized spacial score (nSPS) is 10.9. The highest BCUT2D eigenvalue weighted by atomic mass is 19.3. The van der Waals surface area contributed by atoms with E-state index in [4.69, 9.17) is 0 Å². The molecule has 0 amide bonds. The summed E-state index contributed by atoms with van der Waals surface area (Å²) in [7, 11) is 0. The molecule has 2 aromatic carbocycles. The van der Waals surface area contributed by atoms with Gasteiger partial charge in [0.15, 0.2) is 11.6 Å². The highest BCUT2D eigenvalue weighted by molar-refractivity contribution is 5.74. The highest BCUT2D eigenvalue weighted by Crippen LogP contribution is 2.34. The summed E-state index contributed by atoms with van der Waals surface area (Å²) in [6.45, 7) is -3.08. The first-order chi connectivity index (χ1) is 10.6. The number of para-hydroxylation sites is 1. The van der Waals surface area contributed by atoms with Crippen molar-refractivity contribution in [2.75, 3.05) is 0 Å². The van der Waals surface area contributed by atoms with Crippen LogP contribution in [0, 0.1) is 5.82 Å². The minimum absolute atomic E-state index is 0.277. The van der Waals surface area contributed by atoms with Gasteiger partial charge in [0.2, 0.25) is 0 Å². The predicted molar refractivity (Wildman–Crippen MR) is 76.0 cm³/mol. The number of ether oxygens (including phenoxy) is 1. The Balaban J connectivity index is 1.99. The number of aromatic nitrogens is 2. The molecule has 6 heteroatoms. The topological polar surface area (TPSA) is 37.9 Å². The maximum Gasteiger partial charge on any atom is 0.387 e. The monoisotopic (exact) mass is 304 g/mol. The van der Waals surface area contributed by atoms with Crippen LogP contribution in [0.1, 0.15) is 0 Å². The van der Waals surface area contributed by atoms with Gasteiger partial charge in [-0.05, 0) is 17.2 Å². The zero-order valence-corrected chi connectivity index (χ0v) is 11.3. The lowest BCUT2D eigenvalue weighted by atomic mass is 10.0. The van der Waals surface area contributed by atoms with Crippen LogP contribution < -0.4 is 4.74 Å². The largest absolute Gasteiger partial charge is 0.431 e. The van der Waals surface area contributed by atoms with Gasteiger partial charge in [-0.1, -0.05) is 36.4 Å². The summed E-state index contributed by atoms with van der Waals surface area (Å²) in [6, 6.07) is 11.1. The molecule has 3 rings (SSSR count). The van der Waals surface area contributed by atoms with Crippen LogP contribution in [-0.2, 0) is 0 Å². The predicted octanol–water partition coefficient (Wildman–Crippen LogP) is 4.48. The SMILES string of the molecule is Fc1cccc(-c2ccc(-c3cn[nH]c3)cc2)c1OC(F)F. The first-order valence-corrected chi connectivity index (χ1v) is 6.48. The van der Waals surface area contributed by atoms with Crippen LogP contribution in [0.25, 0.3) is 22.3 Å². The molecule has 0 spiro atoms. The molecule has 0 atom stereocenters. The van der Waals surface area contributed by atoms with E-state index in [2.05, 4.69) is 14.9 Å². The number of halogens is 3. The minimum atomic E-state index is -3.08. The lowest BCUT2D eigenvalue weighted by Gasteiger charge is -2.12. The number of H-pyrrole nitrogens is 1. The second-order valence-electron chi connectivity index (χ2n) is 4.56. The third-order valence-electron chi connectivity index (χ3n) is 3.20. The van der Waals surface area contributed by atoms with Gasteiger partial charge in [0.25, 0.3) is 0 Å². The molecule has 0 aliphatic rings. The second kappa shape index (κ2) is 5.93. The molecule has 0 radical (unpaired) electrons. The van der Waals surface area contributed by atoms with E-state index in [0.29, 0.717) is 5.56 Å². The average molecular weight is 304 g/mol. The Bertz CT molecular complexity index is 756. The number of rotatable bonds is 4. The van der Waals surface area contributed by atoms with Crippen LogP contribution in [0.5, 0.6) is 5.75 Å². The van der Waals surface area contributed by atoms with Crippen LogP contribution in [0.3, 0.4) is 0 Å². The van der Waals surface area contributed by atoms with Crippen LogP contribution in [0.4, 0.5) is 13.2 Å². The van der Waals surface area contributed by atoms with Crippen molar-refractivity contribution in [3.63, 3.8) is 0 Å². The van der Waals surface area contributed by atoms with Crippen molar-refractivity contribution in [3.8, 4) is 28.0 Å².